The third kappa shape index (κ3) is 2.25. The summed E-state index contributed by atoms with van der Waals surface area (Å²) in [5.74, 6) is 0. The molecule has 0 bridgehead atoms. The molecular formula is C19H24O. The fourth-order valence-electron chi connectivity index (χ4n) is 3.92. The van der Waals surface area contributed by atoms with E-state index in [9.17, 15) is 5.11 Å². The van der Waals surface area contributed by atoms with E-state index in [2.05, 4.69) is 50.3 Å². The molecule has 0 aliphatic heterocycles. The van der Waals surface area contributed by atoms with Gasteiger partial charge in [-0.3, -0.25) is 0 Å². The number of fused-ring (bicyclic) bond motifs is 1. The van der Waals surface area contributed by atoms with Crippen molar-refractivity contribution in [2.24, 2.45) is 5.41 Å². The Kier molecular flexibility index (Phi) is 3.55. The van der Waals surface area contributed by atoms with Gasteiger partial charge in [-0.05, 0) is 55.7 Å². The van der Waals surface area contributed by atoms with Crippen LogP contribution in [0.5, 0.6) is 0 Å². The van der Waals surface area contributed by atoms with Gasteiger partial charge >= 0.3 is 0 Å². The van der Waals surface area contributed by atoms with Crippen molar-refractivity contribution in [3.05, 3.63) is 52.6 Å². The summed E-state index contributed by atoms with van der Waals surface area (Å²) in [5.41, 5.74) is 5.70. The van der Waals surface area contributed by atoms with Crippen LogP contribution >= 0.6 is 0 Å². The largest absolute Gasteiger partial charge is 0.392 e. The first-order valence-corrected chi connectivity index (χ1v) is 7.75. The molecule has 1 fully saturated rings. The summed E-state index contributed by atoms with van der Waals surface area (Å²) in [7, 11) is 0. The van der Waals surface area contributed by atoms with E-state index in [1.54, 1.807) is 0 Å². The molecule has 1 heteroatoms. The minimum atomic E-state index is -0.153. The predicted octanol–water partition coefficient (Wildman–Crippen LogP) is 4.73. The molecule has 106 valence electrons. The first-order valence-electron chi connectivity index (χ1n) is 7.75. The van der Waals surface area contributed by atoms with Crippen LogP contribution in [0.2, 0.25) is 0 Å². The van der Waals surface area contributed by atoms with Gasteiger partial charge in [0.2, 0.25) is 0 Å². The average molecular weight is 268 g/mol. The molecule has 1 nitrogen and oxygen atoms in total. The topological polar surface area (TPSA) is 20.2 Å². The number of rotatable bonds is 1. The second-order valence-electron chi connectivity index (χ2n) is 6.51. The van der Waals surface area contributed by atoms with Crippen LogP contribution in [0.3, 0.4) is 0 Å². The Morgan fingerprint density at radius 3 is 2.70 bits per heavy atom. The maximum absolute atomic E-state index is 10.4. The number of aliphatic hydroxyl groups is 1. The van der Waals surface area contributed by atoms with E-state index < -0.39 is 0 Å². The molecule has 1 aromatic rings. The summed E-state index contributed by atoms with van der Waals surface area (Å²) >= 11 is 0. The molecule has 2 aliphatic rings. The van der Waals surface area contributed by atoms with Crippen LogP contribution in [0.15, 0.2) is 47.1 Å². The fraction of sp³-hybridized carbons (Fsp3) is 0.474. The maximum Gasteiger partial charge on any atom is 0.0631 e. The van der Waals surface area contributed by atoms with Crippen LogP contribution < -0.4 is 0 Å². The highest BCUT2D eigenvalue weighted by atomic mass is 16.3. The molecule has 0 unspecified atom stereocenters. The lowest BCUT2D eigenvalue weighted by molar-refractivity contribution is 0.0279. The summed E-state index contributed by atoms with van der Waals surface area (Å²) in [6.45, 7) is 4.51. The molecule has 3 rings (SSSR count). The zero-order valence-corrected chi connectivity index (χ0v) is 12.5. The second-order valence-corrected chi connectivity index (χ2v) is 6.51. The van der Waals surface area contributed by atoms with E-state index in [1.165, 1.54) is 22.3 Å². The van der Waals surface area contributed by atoms with Gasteiger partial charge in [-0.2, -0.15) is 0 Å². The summed E-state index contributed by atoms with van der Waals surface area (Å²) in [6.07, 6.45) is 7.58. The van der Waals surface area contributed by atoms with Crippen molar-refractivity contribution in [3.63, 3.8) is 0 Å². The Morgan fingerprint density at radius 1 is 1.20 bits per heavy atom. The van der Waals surface area contributed by atoms with Crippen molar-refractivity contribution in [1.29, 1.82) is 0 Å². The zero-order chi connectivity index (χ0) is 14.2. The molecule has 0 amide bonds. The normalized spacial score (nSPS) is 32.4. The second kappa shape index (κ2) is 5.21. The van der Waals surface area contributed by atoms with Crippen molar-refractivity contribution in [1.82, 2.24) is 0 Å². The lowest BCUT2D eigenvalue weighted by Gasteiger charge is -2.45. The Hall–Kier alpha value is -1.34. The van der Waals surface area contributed by atoms with Crippen molar-refractivity contribution in [3.8, 4) is 0 Å². The van der Waals surface area contributed by atoms with E-state index in [-0.39, 0.29) is 11.5 Å². The molecule has 0 heterocycles. The van der Waals surface area contributed by atoms with E-state index in [0.29, 0.717) is 0 Å². The quantitative estimate of drug-likeness (QED) is 0.780. The van der Waals surface area contributed by atoms with E-state index in [1.807, 2.05) is 0 Å². The fourth-order valence-corrected chi connectivity index (χ4v) is 3.92. The van der Waals surface area contributed by atoms with E-state index in [4.69, 9.17) is 0 Å². The van der Waals surface area contributed by atoms with Crippen molar-refractivity contribution in [2.45, 2.75) is 52.1 Å². The van der Waals surface area contributed by atoms with Crippen LogP contribution in [0.1, 0.15) is 51.5 Å². The molecule has 20 heavy (non-hydrogen) atoms. The van der Waals surface area contributed by atoms with Crippen LogP contribution in [-0.2, 0) is 0 Å². The van der Waals surface area contributed by atoms with Gasteiger partial charge in [0.15, 0.2) is 0 Å². The lowest BCUT2D eigenvalue weighted by atomic mass is 9.61. The number of hydrogen-bond acceptors (Lipinski definition) is 1. The third-order valence-corrected chi connectivity index (χ3v) is 5.32. The molecule has 0 radical (unpaired) electrons. The maximum atomic E-state index is 10.4. The van der Waals surface area contributed by atoms with Gasteiger partial charge < -0.3 is 5.11 Å². The number of hydrogen-bond donors (Lipinski definition) is 1. The van der Waals surface area contributed by atoms with Crippen molar-refractivity contribution >= 4 is 6.08 Å². The first kappa shape index (κ1) is 13.6. The summed E-state index contributed by atoms with van der Waals surface area (Å²) < 4.78 is 0. The number of allylic oxidation sites excluding steroid dienone is 2. The number of benzene rings is 1. The molecule has 2 aliphatic carbocycles. The van der Waals surface area contributed by atoms with Gasteiger partial charge in [-0.15, -0.1) is 0 Å². The SMILES string of the molecule is CC1=C2CCC[C@H](O)[C@@]2(C)CC/C1=C\c1ccccc1. The van der Waals surface area contributed by atoms with Gasteiger partial charge in [-0.25, -0.2) is 0 Å². The molecular weight excluding hydrogens is 244 g/mol. The average Bonchev–Trinajstić information content (AvgIpc) is 2.46. The predicted molar refractivity (Wildman–Crippen MR) is 84.3 cm³/mol. The highest BCUT2D eigenvalue weighted by Gasteiger charge is 2.42. The van der Waals surface area contributed by atoms with E-state index in [0.717, 1.165) is 32.1 Å². The van der Waals surface area contributed by atoms with Crippen LogP contribution in [0.25, 0.3) is 6.08 Å². The van der Waals surface area contributed by atoms with Gasteiger partial charge in [0.25, 0.3) is 0 Å². The standard InChI is InChI=1S/C19H24O/c1-14-16(13-15-7-4-3-5-8-15)11-12-19(2)17(14)9-6-10-18(19)20/h3-5,7-8,13,18,20H,6,9-12H2,1-2H3/b16-13+/t18-,19-/m0/s1. The lowest BCUT2D eigenvalue weighted by Crippen LogP contribution is -2.40. The van der Waals surface area contributed by atoms with Gasteiger partial charge in [0.1, 0.15) is 0 Å². The molecule has 1 saturated carbocycles. The van der Waals surface area contributed by atoms with Crippen molar-refractivity contribution in [2.75, 3.05) is 0 Å². The monoisotopic (exact) mass is 268 g/mol. The van der Waals surface area contributed by atoms with Crippen LogP contribution in [0.4, 0.5) is 0 Å². The summed E-state index contributed by atoms with van der Waals surface area (Å²) in [4.78, 5) is 0. The van der Waals surface area contributed by atoms with Crippen LogP contribution in [-0.4, -0.2) is 11.2 Å². The van der Waals surface area contributed by atoms with Crippen LogP contribution in [0, 0.1) is 5.41 Å². The summed E-state index contributed by atoms with van der Waals surface area (Å²) in [6, 6.07) is 10.6. The first-order chi connectivity index (χ1) is 9.61. The molecule has 1 N–H and O–H groups in total. The Labute approximate surface area is 122 Å². The highest BCUT2D eigenvalue weighted by Crippen LogP contribution is 2.51. The molecule has 2 atom stereocenters. The summed E-state index contributed by atoms with van der Waals surface area (Å²) in [5, 5.41) is 10.4. The Balaban J connectivity index is 1.99. The molecule has 0 spiro atoms. The Bertz CT molecular complexity index is 552. The minimum absolute atomic E-state index is 0.0242. The third-order valence-electron chi connectivity index (χ3n) is 5.32. The molecule has 0 aromatic heterocycles. The van der Waals surface area contributed by atoms with Crippen molar-refractivity contribution < 1.29 is 5.11 Å². The molecule has 1 aromatic carbocycles. The highest BCUT2D eigenvalue weighted by molar-refractivity contribution is 5.60. The van der Waals surface area contributed by atoms with Gasteiger partial charge in [-0.1, -0.05) is 48.9 Å². The molecule has 0 saturated heterocycles. The minimum Gasteiger partial charge on any atom is -0.392 e. The Morgan fingerprint density at radius 2 is 1.95 bits per heavy atom. The van der Waals surface area contributed by atoms with Gasteiger partial charge in [0, 0.05) is 5.41 Å². The smallest absolute Gasteiger partial charge is 0.0631 e. The van der Waals surface area contributed by atoms with Gasteiger partial charge in [0.05, 0.1) is 6.10 Å². The number of aliphatic hydroxyl groups excluding tert-OH is 1. The zero-order valence-electron chi connectivity index (χ0n) is 12.5. The van der Waals surface area contributed by atoms with E-state index >= 15 is 0 Å².